The van der Waals surface area contributed by atoms with Gasteiger partial charge in [-0.25, -0.2) is 14.4 Å². The number of nitrogens with zero attached hydrogens (tertiary/aromatic N) is 2. The molecule has 2 aromatic carbocycles. The zero-order valence-corrected chi connectivity index (χ0v) is 13.4. The van der Waals surface area contributed by atoms with E-state index in [0.717, 1.165) is 0 Å². The van der Waals surface area contributed by atoms with Gasteiger partial charge in [0, 0.05) is 24.1 Å². The van der Waals surface area contributed by atoms with Gasteiger partial charge in [-0.3, -0.25) is 4.79 Å². The van der Waals surface area contributed by atoms with Crippen LogP contribution in [-0.2, 0) is 0 Å². The lowest BCUT2D eigenvalue weighted by atomic mass is 10.2. The third kappa shape index (κ3) is 4.08. The standard InChI is InChI=1S/C18H15FN4O2/c1-25-14-6-4-5-13(9-14)22-17(24)12-10-20-18(21-11-12)23-16-8-3-2-7-15(16)19/h2-11H,1H3,(H,22,24)(H,20,21,23). The average Bonchev–Trinajstić information content (AvgIpc) is 2.64. The molecular formula is C18H15FN4O2. The van der Waals surface area contributed by atoms with Crippen LogP contribution >= 0.6 is 0 Å². The average molecular weight is 338 g/mol. The molecule has 3 rings (SSSR count). The molecule has 126 valence electrons. The van der Waals surface area contributed by atoms with Crippen LogP contribution in [0.1, 0.15) is 10.4 Å². The fraction of sp³-hybridized carbons (Fsp3) is 0.0556. The Balaban J connectivity index is 1.69. The monoisotopic (exact) mass is 338 g/mol. The second-order valence-electron chi connectivity index (χ2n) is 5.09. The molecule has 0 bridgehead atoms. The van der Waals surface area contributed by atoms with Crippen LogP contribution in [0.2, 0.25) is 0 Å². The van der Waals surface area contributed by atoms with Crippen LogP contribution < -0.4 is 15.4 Å². The summed E-state index contributed by atoms with van der Waals surface area (Å²) in [6.45, 7) is 0. The van der Waals surface area contributed by atoms with Crippen LogP contribution in [0.15, 0.2) is 60.9 Å². The highest BCUT2D eigenvalue weighted by atomic mass is 19.1. The molecule has 0 fully saturated rings. The Morgan fingerprint density at radius 2 is 1.84 bits per heavy atom. The summed E-state index contributed by atoms with van der Waals surface area (Å²) in [6, 6.07) is 13.2. The summed E-state index contributed by atoms with van der Waals surface area (Å²) < 4.78 is 18.7. The second kappa shape index (κ2) is 7.39. The first kappa shape index (κ1) is 16.4. The highest BCUT2D eigenvalue weighted by Gasteiger charge is 2.09. The van der Waals surface area contributed by atoms with Gasteiger partial charge in [0.05, 0.1) is 18.4 Å². The number of carbonyl (C=O) groups is 1. The number of nitrogens with one attached hydrogen (secondary N) is 2. The quantitative estimate of drug-likeness (QED) is 0.743. The molecule has 0 saturated carbocycles. The second-order valence-corrected chi connectivity index (χ2v) is 5.09. The van der Waals surface area contributed by atoms with Crippen LogP contribution in [0, 0.1) is 5.82 Å². The van der Waals surface area contributed by atoms with E-state index in [1.807, 2.05) is 0 Å². The fourth-order valence-corrected chi connectivity index (χ4v) is 2.10. The Bertz CT molecular complexity index is 884. The summed E-state index contributed by atoms with van der Waals surface area (Å²) in [5, 5.41) is 5.49. The molecule has 0 saturated heterocycles. The first-order valence-electron chi connectivity index (χ1n) is 7.45. The smallest absolute Gasteiger partial charge is 0.258 e. The summed E-state index contributed by atoms with van der Waals surface area (Å²) in [5.74, 6) is 0.0677. The zero-order chi connectivity index (χ0) is 17.6. The van der Waals surface area contributed by atoms with E-state index in [1.165, 1.54) is 18.5 Å². The summed E-state index contributed by atoms with van der Waals surface area (Å²) in [4.78, 5) is 20.3. The van der Waals surface area contributed by atoms with Crippen molar-refractivity contribution < 1.29 is 13.9 Å². The van der Waals surface area contributed by atoms with Crippen LogP contribution in [0.5, 0.6) is 5.75 Å². The minimum atomic E-state index is -0.411. The number of ether oxygens (including phenoxy) is 1. The fourth-order valence-electron chi connectivity index (χ4n) is 2.10. The number of carbonyl (C=O) groups excluding carboxylic acids is 1. The normalized spacial score (nSPS) is 10.2. The lowest BCUT2D eigenvalue weighted by Crippen LogP contribution is -2.13. The van der Waals surface area contributed by atoms with E-state index in [-0.39, 0.29) is 23.1 Å². The lowest BCUT2D eigenvalue weighted by Gasteiger charge is -2.08. The molecule has 0 radical (unpaired) electrons. The predicted molar refractivity (Wildman–Crippen MR) is 92.7 cm³/mol. The van der Waals surface area contributed by atoms with Crippen molar-refractivity contribution in [3.8, 4) is 5.75 Å². The Hall–Kier alpha value is -3.48. The van der Waals surface area contributed by atoms with E-state index in [1.54, 1.807) is 49.6 Å². The van der Waals surface area contributed by atoms with Gasteiger partial charge in [0.15, 0.2) is 0 Å². The van der Waals surface area contributed by atoms with E-state index in [0.29, 0.717) is 11.4 Å². The van der Waals surface area contributed by atoms with Crippen LogP contribution in [0.3, 0.4) is 0 Å². The Morgan fingerprint density at radius 3 is 2.56 bits per heavy atom. The van der Waals surface area contributed by atoms with Crippen molar-refractivity contribution in [1.82, 2.24) is 9.97 Å². The molecule has 0 aliphatic carbocycles. The third-order valence-corrected chi connectivity index (χ3v) is 3.36. The van der Waals surface area contributed by atoms with E-state index in [4.69, 9.17) is 4.74 Å². The number of hydrogen-bond acceptors (Lipinski definition) is 5. The molecule has 0 aliphatic rings. The molecule has 0 aliphatic heterocycles. The first-order valence-corrected chi connectivity index (χ1v) is 7.45. The number of rotatable bonds is 5. The third-order valence-electron chi connectivity index (χ3n) is 3.36. The molecule has 6 nitrogen and oxygen atoms in total. The zero-order valence-electron chi connectivity index (χ0n) is 13.4. The van der Waals surface area contributed by atoms with Gasteiger partial charge in [-0.2, -0.15) is 0 Å². The summed E-state index contributed by atoms with van der Waals surface area (Å²) in [5.41, 5.74) is 1.14. The van der Waals surface area contributed by atoms with Crippen LogP contribution in [0.4, 0.5) is 21.7 Å². The van der Waals surface area contributed by atoms with E-state index >= 15 is 0 Å². The van der Waals surface area contributed by atoms with E-state index in [2.05, 4.69) is 20.6 Å². The Morgan fingerprint density at radius 1 is 1.08 bits per heavy atom. The van der Waals surface area contributed by atoms with E-state index < -0.39 is 5.82 Å². The molecule has 7 heteroatoms. The minimum absolute atomic E-state index is 0.197. The predicted octanol–water partition coefficient (Wildman–Crippen LogP) is 3.62. The molecule has 2 N–H and O–H groups in total. The molecule has 0 unspecified atom stereocenters. The van der Waals surface area contributed by atoms with Crippen molar-refractivity contribution in [1.29, 1.82) is 0 Å². The molecule has 1 aromatic heterocycles. The van der Waals surface area contributed by atoms with Crippen molar-refractivity contribution >= 4 is 23.2 Å². The molecular weight excluding hydrogens is 323 g/mol. The first-order chi connectivity index (χ1) is 12.2. The number of hydrogen-bond donors (Lipinski definition) is 2. The lowest BCUT2D eigenvalue weighted by molar-refractivity contribution is 0.102. The van der Waals surface area contributed by atoms with E-state index in [9.17, 15) is 9.18 Å². The topological polar surface area (TPSA) is 76.1 Å². The highest BCUT2D eigenvalue weighted by Crippen LogP contribution is 2.18. The minimum Gasteiger partial charge on any atom is -0.497 e. The Labute approximate surface area is 143 Å². The maximum Gasteiger partial charge on any atom is 0.258 e. The number of methoxy groups -OCH3 is 1. The summed E-state index contributed by atoms with van der Waals surface area (Å²) in [7, 11) is 1.55. The van der Waals surface area contributed by atoms with Crippen molar-refractivity contribution in [2.45, 2.75) is 0 Å². The molecule has 3 aromatic rings. The summed E-state index contributed by atoms with van der Waals surface area (Å²) in [6.07, 6.45) is 2.73. The maximum atomic E-state index is 13.6. The number of para-hydroxylation sites is 1. The molecule has 25 heavy (non-hydrogen) atoms. The number of aromatic nitrogens is 2. The van der Waals surface area contributed by atoms with Gasteiger partial charge in [-0.1, -0.05) is 18.2 Å². The number of halogens is 1. The molecule has 1 amide bonds. The van der Waals surface area contributed by atoms with Crippen molar-refractivity contribution in [3.05, 3.63) is 72.3 Å². The van der Waals surface area contributed by atoms with Gasteiger partial charge in [-0.05, 0) is 24.3 Å². The van der Waals surface area contributed by atoms with Gasteiger partial charge in [0.25, 0.3) is 5.91 Å². The van der Waals surface area contributed by atoms with Crippen LogP contribution in [0.25, 0.3) is 0 Å². The van der Waals surface area contributed by atoms with Crippen molar-refractivity contribution in [3.63, 3.8) is 0 Å². The number of amides is 1. The van der Waals surface area contributed by atoms with Gasteiger partial charge in [-0.15, -0.1) is 0 Å². The maximum absolute atomic E-state index is 13.6. The largest absolute Gasteiger partial charge is 0.497 e. The number of benzene rings is 2. The number of anilines is 3. The molecule has 1 heterocycles. The SMILES string of the molecule is COc1cccc(NC(=O)c2cnc(Nc3ccccc3F)nc2)c1. The molecule has 0 spiro atoms. The Kier molecular flexibility index (Phi) is 4.84. The molecule has 0 atom stereocenters. The summed E-state index contributed by atoms with van der Waals surface area (Å²) >= 11 is 0. The highest BCUT2D eigenvalue weighted by molar-refractivity contribution is 6.04. The van der Waals surface area contributed by atoms with Gasteiger partial charge < -0.3 is 15.4 Å². The van der Waals surface area contributed by atoms with Crippen molar-refractivity contribution in [2.24, 2.45) is 0 Å². The van der Waals surface area contributed by atoms with Gasteiger partial charge in [0.1, 0.15) is 11.6 Å². The van der Waals surface area contributed by atoms with Gasteiger partial charge >= 0.3 is 0 Å². The van der Waals surface area contributed by atoms with Crippen LogP contribution in [-0.4, -0.2) is 23.0 Å². The van der Waals surface area contributed by atoms with Crippen molar-refractivity contribution in [2.75, 3.05) is 17.7 Å². The van der Waals surface area contributed by atoms with Gasteiger partial charge in [0.2, 0.25) is 5.95 Å².